The topological polar surface area (TPSA) is 78.9 Å². The van der Waals surface area contributed by atoms with E-state index in [9.17, 15) is 14.4 Å². The SMILES string of the molecule is CCCCC/C=C\C/C=C\C/C=C\CCCCCCC(=O)OC[C@H](COC(=O)CCCCCCC/C=C\CCCCCC)OC(=O)CCCCCCCCCCCCC/C=C\CCCCCCCC. The number of ether oxygens (including phenoxy) is 3. The molecule has 0 aliphatic carbocycles. The number of rotatable bonds is 54. The molecule has 0 saturated heterocycles. The molecule has 0 aromatic rings. The van der Waals surface area contributed by atoms with Gasteiger partial charge in [-0.2, -0.15) is 0 Å². The third-order valence-electron chi connectivity index (χ3n) is 13.0. The van der Waals surface area contributed by atoms with Crippen LogP contribution < -0.4 is 0 Å². The Labute approximate surface area is 428 Å². The maximum absolute atomic E-state index is 12.9. The molecule has 1 atom stereocenters. The first kappa shape index (κ1) is 66.1. The lowest BCUT2D eigenvalue weighted by Crippen LogP contribution is -2.30. The minimum Gasteiger partial charge on any atom is -0.462 e. The van der Waals surface area contributed by atoms with E-state index in [1.54, 1.807) is 0 Å². The van der Waals surface area contributed by atoms with E-state index in [0.717, 1.165) is 89.9 Å². The summed E-state index contributed by atoms with van der Waals surface area (Å²) in [7, 11) is 0. The van der Waals surface area contributed by atoms with Crippen molar-refractivity contribution in [2.75, 3.05) is 13.2 Å². The van der Waals surface area contributed by atoms with E-state index in [1.165, 1.54) is 173 Å². The predicted octanol–water partition coefficient (Wildman–Crippen LogP) is 20.0. The Kier molecular flexibility index (Phi) is 55.3. The van der Waals surface area contributed by atoms with Gasteiger partial charge in [-0.1, -0.05) is 236 Å². The summed E-state index contributed by atoms with van der Waals surface area (Å²) in [4.78, 5) is 38.2. The minimum absolute atomic E-state index is 0.0848. The van der Waals surface area contributed by atoms with Crippen LogP contribution in [0, 0.1) is 0 Å². The molecule has 0 aromatic carbocycles. The maximum atomic E-state index is 12.9. The van der Waals surface area contributed by atoms with Crippen molar-refractivity contribution in [1.82, 2.24) is 0 Å². The van der Waals surface area contributed by atoms with Gasteiger partial charge in [0.05, 0.1) is 0 Å². The zero-order valence-corrected chi connectivity index (χ0v) is 45.8. The van der Waals surface area contributed by atoms with Crippen LogP contribution in [-0.4, -0.2) is 37.2 Å². The van der Waals surface area contributed by atoms with E-state index in [4.69, 9.17) is 14.2 Å². The highest BCUT2D eigenvalue weighted by Gasteiger charge is 2.19. The van der Waals surface area contributed by atoms with Gasteiger partial charge in [0.2, 0.25) is 0 Å². The van der Waals surface area contributed by atoms with Crippen LogP contribution in [0.25, 0.3) is 0 Å². The highest BCUT2D eigenvalue weighted by molar-refractivity contribution is 5.71. The Balaban J connectivity index is 4.37. The standard InChI is InChI=1S/C63H112O6/c1-4-7-10-13-16-19-22-25-27-29-30-31-32-34-36-39-42-45-48-51-54-57-63(66)69-60(58-67-61(64)55-52-49-46-43-40-37-24-21-18-15-12-9-6-3)59-68-62(65)56-53-50-47-44-41-38-35-33-28-26-23-20-17-14-11-8-5-2/h17,20-21,24-28,35,38,60H,4-16,18-19,22-23,29-34,36-37,39-59H2,1-3H3/b20-17-,24-21-,27-25-,28-26-,38-35-/t60-/m0/s1. The number of esters is 3. The van der Waals surface area contributed by atoms with Crippen LogP contribution in [-0.2, 0) is 28.6 Å². The lowest BCUT2D eigenvalue weighted by molar-refractivity contribution is -0.167. The molecular weight excluding hydrogens is 853 g/mol. The molecule has 0 fully saturated rings. The molecule has 0 N–H and O–H groups in total. The van der Waals surface area contributed by atoms with Gasteiger partial charge in [-0.05, 0) is 109 Å². The third kappa shape index (κ3) is 55.9. The predicted molar refractivity (Wildman–Crippen MR) is 298 cm³/mol. The zero-order chi connectivity index (χ0) is 50.0. The Morgan fingerprint density at radius 3 is 0.870 bits per heavy atom. The average Bonchev–Trinajstić information content (AvgIpc) is 3.35. The van der Waals surface area contributed by atoms with E-state index in [-0.39, 0.29) is 31.1 Å². The van der Waals surface area contributed by atoms with Crippen LogP contribution in [0.4, 0.5) is 0 Å². The number of carbonyl (C=O) groups is 3. The van der Waals surface area contributed by atoms with Crippen molar-refractivity contribution in [2.24, 2.45) is 0 Å². The van der Waals surface area contributed by atoms with Crippen molar-refractivity contribution in [1.29, 1.82) is 0 Å². The fourth-order valence-electron chi connectivity index (χ4n) is 8.44. The molecule has 69 heavy (non-hydrogen) atoms. The summed E-state index contributed by atoms with van der Waals surface area (Å²) in [6, 6.07) is 0. The van der Waals surface area contributed by atoms with Crippen LogP contribution in [0.3, 0.4) is 0 Å². The summed E-state index contributed by atoms with van der Waals surface area (Å²) < 4.78 is 16.9. The van der Waals surface area contributed by atoms with Gasteiger partial charge in [-0.3, -0.25) is 14.4 Å². The Morgan fingerprint density at radius 2 is 0.522 bits per heavy atom. The highest BCUT2D eigenvalue weighted by Crippen LogP contribution is 2.16. The molecule has 6 heteroatoms. The Hall–Kier alpha value is -2.89. The summed E-state index contributed by atoms with van der Waals surface area (Å²) in [6.45, 7) is 6.59. The summed E-state index contributed by atoms with van der Waals surface area (Å²) in [5, 5.41) is 0. The Bertz CT molecular complexity index is 1250. The second kappa shape index (κ2) is 57.7. The second-order valence-corrected chi connectivity index (χ2v) is 19.9. The van der Waals surface area contributed by atoms with E-state index in [1.807, 2.05) is 0 Å². The highest BCUT2D eigenvalue weighted by atomic mass is 16.6. The van der Waals surface area contributed by atoms with Gasteiger partial charge in [0.15, 0.2) is 6.10 Å². The molecule has 0 saturated carbocycles. The van der Waals surface area contributed by atoms with Gasteiger partial charge in [0.1, 0.15) is 13.2 Å². The van der Waals surface area contributed by atoms with Crippen LogP contribution in [0.1, 0.15) is 303 Å². The maximum Gasteiger partial charge on any atom is 0.306 e. The van der Waals surface area contributed by atoms with E-state index in [2.05, 4.69) is 81.5 Å². The van der Waals surface area contributed by atoms with Crippen LogP contribution in [0.15, 0.2) is 60.8 Å². The molecule has 6 nitrogen and oxygen atoms in total. The molecular formula is C63H112O6. The number of hydrogen-bond acceptors (Lipinski definition) is 6. The van der Waals surface area contributed by atoms with Gasteiger partial charge >= 0.3 is 17.9 Å². The van der Waals surface area contributed by atoms with Crippen molar-refractivity contribution in [3.63, 3.8) is 0 Å². The van der Waals surface area contributed by atoms with Gasteiger partial charge in [0.25, 0.3) is 0 Å². The van der Waals surface area contributed by atoms with Gasteiger partial charge in [0, 0.05) is 19.3 Å². The number of unbranched alkanes of at least 4 members (excludes halogenated alkanes) is 33. The smallest absolute Gasteiger partial charge is 0.306 e. The lowest BCUT2D eigenvalue weighted by atomic mass is 10.0. The van der Waals surface area contributed by atoms with Gasteiger partial charge in [-0.15, -0.1) is 0 Å². The van der Waals surface area contributed by atoms with Crippen molar-refractivity contribution in [3.05, 3.63) is 60.8 Å². The molecule has 0 bridgehead atoms. The molecule has 0 rings (SSSR count). The van der Waals surface area contributed by atoms with Crippen molar-refractivity contribution >= 4 is 17.9 Å². The number of hydrogen-bond donors (Lipinski definition) is 0. The second-order valence-electron chi connectivity index (χ2n) is 19.9. The van der Waals surface area contributed by atoms with Crippen molar-refractivity contribution in [2.45, 2.75) is 309 Å². The molecule has 400 valence electrons. The largest absolute Gasteiger partial charge is 0.462 e. The van der Waals surface area contributed by atoms with E-state index < -0.39 is 6.10 Å². The first-order valence-corrected chi connectivity index (χ1v) is 29.8. The molecule has 0 unspecified atom stereocenters. The summed E-state index contributed by atoms with van der Waals surface area (Å²) >= 11 is 0. The van der Waals surface area contributed by atoms with Crippen LogP contribution in [0.2, 0.25) is 0 Å². The van der Waals surface area contributed by atoms with Crippen molar-refractivity contribution in [3.8, 4) is 0 Å². The molecule has 0 heterocycles. The molecule has 0 aromatic heterocycles. The van der Waals surface area contributed by atoms with Crippen LogP contribution in [0.5, 0.6) is 0 Å². The molecule has 0 amide bonds. The first-order valence-electron chi connectivity index (χ1n) is 29.8. The average molecular weight is 966 g/mol. The first-order chi connectivity index (χ1) is 34.0. The van der Waals surface area contributed by atoms with Crippen molar-refractivity contribution < 1.29 is 28.6 Å². The quantitative estimate of drug-likeness (QED) is 0.0262. The van der Waals surface area contributed by atoms with E-state index >= 15 is 0 Å². The minimum atomic E-state index is -0.787. The van der Waals surface area contributed by atoms with E-state index in [0.29, 0.717) is 19.3 Å². The van der Waals surface area contributed by atoms with Gasteiger partial charge < -0.3 is 14.2 Å². The van der Waals surface area contributed by atoms with Crippen LogP contribution >= 0.6 is 0 Å². The summed E-state index contributed by atoms with van der Waals surface area (Å²) in [5.74, 6) is -0.904. The zero-order valence-electron chi connectivity index (χ0n) is 45.8. The molecule has 0 radical (unpaired) electrons. The summed E-state index contributed by atoms with van der Waals surface area (Å²) in [6.07, 6.45) is 72.1. The fraction of sp³-hybridized carbons (Fsp3) is 0.794. The molecule has 0 aliphatic rings. The Morgan fingerprint density at radius 1 is 0.290 bits per heavy atom. The lowest BCUT2D eigenvalue weighted by Gasteiger charge is -2.18. The monoisotopic (exact) mass is 965 g/mol. The number of carbonyl (C=O) groups excluding carboxylic acids is 3. The fourth-order valence-corrected chi connectivity index (χ4v) is 8.44. The summed E-state index contributed by atoms with van der Waals surface area (Å²) in [5.41, 5.74) is 0. The molecule has 0 aliphatic heterocycles. The van der Waals surface area contributed by atoms with Gasteiger partial charge in [-0.25, -0.2) is 0 Å². The number of allylic oxidation sites excluding steroid dienone is 10. The third-order valence-corrected chi connectivity index (χ3v) is 13.0. The normalized spacial score (nSPS) is 12.4. The molecule has 0 spiro atoms.